The molecule has 1 unspecified atom stereocenters. The van der Waals surface area contributed by atoms with Gasteiger partial charge in [0.25, 0.3) is 0 Å². The lowest BCUT2D eigenvalue weighted by molar-refractivity contribution is -0.167. The Balaban J connectivity index is 4.36. The maximum absolute atomic E-state index is 12.9. The average Bonchev–Trinajstić information content (AvgIpc) is 3.34. The van der Waals surface area contributed by atoms with Crippen LogP contribution in [0.25, 0.3) is 0 Å². The zero-order valence-corrected chi connectivity index (χ0v) is 45.4. The first-order valence-electron chi connectivity index (χ1n) is 29.6. The van der Waals surface area contributed by atoms with Gasteiger partial charge < -0.3 is 14.2 Å². The summed E-state index contributed by atoms with van der Waals surface area (Å²) in [5.41, 5.74) is 0. The van der Waals surface area contributed by atoms with Gasteiger partial charge >= 0.3 is 17.9 Å². The predicted octanol–water partition coefficient (Wildman–Crippen LogP) is 19.8. The Morgan fingerprint density at radius 1 is 0.294 bits per heavy atom. The molecule has 0 N–H and O–H groups in total. The van der Waals surface area contributed by atoms with E-state index < -0.39 is 6.10 Å². The molecule has 6 heteroatoms. The van der Waals surface area contributed by atoms with Gasteiger partial charge in [-0.05, 0) is 77.0 Å². The maximum Gasteiger partial charge on any atom is 0.306 e. The van der Waals surface area contributed by atoms with Crippen LogP contribution in [0.3, 0.4) is 0 Å². The zero-order chi connectivity index (χ0) is 49.3. The van der Waals surface area contributed by atoms with E-state index in [-0.39, 0.29) is 31.1 Å². The quantitative estimate of drug-likeness (QED) is 0.0262. The minimum Gasteiger partial charge on any atom is -0.462 e. The first-order valence-corrected chi connectivity index (χ1v) is 29.6. The van der Waals surface area contributed by atoms with Crippen LogP contribution in [0, 0.1) is 0 Å². The van der Waals surface area contributed by atoms with E-state index in [9.17, 15) is 14.4 Å². The summed E-state index contributed by atoms with van der Waals surface area (Å²) in [6.07, 6.45) is 69.5. The van der Waals surface area contributed by atoms with E-state index >= 15 is 0 Å². The Labute approximate surface area is 422 Å². The van der Waals surface area contributed by atoms with Gasteiger partial charge in [0.1, 0.15) is 13.2 Å². The topological polar surface area (TPSA) is 78.9 Å². The van der Waals surface area contributed by atoms with Gasteiger partial charge in [0.15, 0.2) is 6.10 Å². The molecule has 0 aromatic carbocycles. The van der Waals surface area contributed by atoms with Crippen LogP contribution in [0.1, 0.15) is 310 Å². The molecule has 0 rings (SSSR count). The van der Waals surface area contributed by atoms with Gasteiger partial charge in [0, 0.05) is 19.3 Å². The summed E-state index contributed by atoms with van der Waals surface area (Å²) in [6.45, 7) is 6.60. The SMILES string of the molecule is CCCC/C=C\C/C=C\CCCCCCCC(=O)OCC(COC(=O)CCCCCCCCC/C=C\C/C=C\CCCCCC)OC(=O)CCCCCCCCCCCCCCCCCCCC. The first kappa shape index (κ1) is 65.4. The summed E-state index contributed by atoms with van der Waals surface area (Å²) in [4.78, 5) is 38.2. The minimum absolute atomic E-state index is 0.0790. The molecule has 0 bridgehead atoms. The van der Waals surface area contributed by atoms with Crippen molar-refractivity contribution in [1.82, 2.24) is 0 Å². The number of rotatable bonds is 54. The van der Waals surface area contributed by atoms with Crippen LogP contribution in [0.2, 0.25) is 0 Å². The fourth-order valence-corrected chi connectivity index (χ4v) is 8.55. The fraction of sp³-hybridized carbons (Fsp3) is 0.823. The largest absolute Gasteiger partial charge is 0.462 e. The Hall–Kier alpha value is -2.63. The number of hydrogen-bond acceptors (Lipinski definition) is 6. The molecule has 0 radical (unpaired) electrons. The Bertz CT molecular complexity index is 1190. The van der Waals surface area contributed by atoms with Crippen LogP contribution >= 0.6 is 0 Å². The van der Waals surface area contributed by atoms with Gasteiger partial charge in [-0.15, -0.1) is 0 Å². The lowest BCUT2D eigenvalue weighted by Gasteiger charge is -2.18. The molecule has 0 aliphatic carbocycles. The molecule has 0 heterocycles. The van der Waals surface area contributed by atoms with Gasteiger partial charge in [0.2, 0.25) is 0 Å². The highest BCUT2D eigenvalue weighted by Crippen LogP contribution is 2.16. The lowest BCUT2D eigenvalue weighted by Crippen LogP contribution is -2.30. The van der Waals surface area contributed by atoms with Crippen LogP contribution in [0.4, 0.5) is 0 Å². The zero-order valence-electron chi connectivity index (χ0n) is 45.4. The third-order valence-corrected chi connectivity index (χ3v) is 13.1. The van der Waals surface area contributed by atoms with Crippen LogP contribution < -0.4 is 0 Å². The molecule has 0 aromatic heterocycles. The lowest BCUT2D eigenvalue weighted by atomic mass is 10.0. The molecule has 0 aromatic rings. The highest BCUT2D eigenvalue weighted by atomic mass is 16.6. The number of esters is 3. The summed E-state index contributed by atoms with van der Waals surface area (Å²) in [5.74, 6) is -0.884. The van der Waals surface area contributed by atoms with Crippen molar-refractivity contribution >= 4 is 17.9 Å². The standard InChI is InChI=1S/C62H112O6/c1-4-7-10-13-16-19-22-25-28-30-32-34-37-40-43-46-49-52-55-61(64)67-58-59(57-66-60(63)54-51-48-45-42-39-36-27-24-21-18-15-12-9-6-3)68-62(65)56-53-50-47-44-41-38-35-33-31-29-26-23-20-17-14-11-8-5-2/h15,18-19,22,24,27-28,30,59H,4-14,16-17,20-21,23,25-26,29,31-58H2,1-3H3/b18-15-,22-19-,27-24-,30-28-. The molecule has 0 spiro atoms. The summed E-state index contributed by atoms with van der Waals surface area (Å²) in [6, 6.07) is 0. The Morgan fingerprint density at radius 3 is 0.868 bits per heavy atom. The molecule has 0 saturated heterocycles. The highest BCUT2D eigenvalue weighted by Gasteiger charge is 2.19. The van der Waals surface area contributed by atoms with Gasteiger partial charge in [-0.3, -0.25) is 14.4 Å². The molecule has 1 atom stereocenters. The molecule has 68 heavy (non-hydrogen) atoms. The summed E-state index contributed by atoms with van der Waals surface area (Å²) < 4.78 is 16.9. The second kappa shape index (κ2) is 57.0. The van der Waals surface area contributed by atoms with Crippen molar-refractivity contribution in [3.05, 3.63) is 48.6 Å². The molecule has 6 nitrogen and oxygen atoms in total. The highest BCUT2D eigenvalue weighted by molar-refractivity contribution is 5.71. The molecule has 0 aliphatic heterocycles. The van der Waals surface area contributed by atoms with E-state index in [1.54, 1.807) is 0 Å². The first-order chi connectivity index (χ1) is 33.5. The van der Waals surface area contributed by atoms with Gasteiger partial charge in [-0.2, -0.15) is 0 Å². The van der Waals surface area contributed by atoms with Crippen LogP contribution in [-0.4, -0.2) is 37.2 Å². The van der Waals surface area contributed by atoms with Gasteiger partial charge in [-0.25, -0.2) is 0 Å². The van der Waals surface area contributed by atoms with Gasteiger partial charge in [-0.1, -0.05) is 262 Å². The monoisotopic (exact) mass is 953 g/mol. The third kappa shape index (κ3) is 54.3. The second-order valence-corrected chi connectivity index (χ2v) is 19.9. The van der Waals surface area contributed by atoms with Gasteiger partial charge in [0.05, 0.1) is 0 Å². The van der Waals surface area contributed by atoms with E-state index in [0.717, 1.165) is 89.9 Å². The average molecular weight is 954 g/mol. The van der Waals surface area contributed by atoms with Crippen molar-refractivity contribution in [2.45, 2.75) is 316 Å². The van der Waals surface area contributed by atoms with Crippen molar-refractivity contribution in [2.75, 3.05) is 13.2 Å². The van der Waals surface area contributed by atoms with E-state index in [1.807, 2.05) is 0 Å². The van der Waals surface area contributed by atoms with E-state index in [0.29, 0.717) is 19.3 Å². The molecule has 0 saturated carbocycles. The molecule has 0 fully saturated rings. The van der Waals surface area contributed by atoms with E-state index in [1.165, 1.54) is 180 Å². The number of carbonyl (C=O) groups is 3. The molecule has 0 amide bonds. The van der Waals surface area contributed by atoms with Crippen molar-refractivity contribution < 1.29 is 28.6 Å². The smallest absolute Gasteiger partial charge is 0.306 e. The van der Waals surface area contributed by atoms with E-state index in [2.05, 4.69) is 69.4 Å². The Morgan fingerprint density at radius 2 is 0.544 bits per heavy atom. The van der Waals surface area contributed by atoms with Crippen molar-refractivity contribution in [1.29, 1.82) is 0 Å². The Kier molecular flexibility index (Phi) is 54.8. The van der Waals surface area contributed by atoms with Crippen molar-refractivity contribution in [2.24, 2.45) is 0 Å². The van der Waals surface area contributed by atoms with Crippen molar-refractivity contribution in [3.63, 3.8) is 0 Å². The molecule has 0 aliphatic rings. The summed E-state index contributed by atoms with van der Waals surface area (Å²) >= 11 is 0. The predicted molar refractivity (Wildman–Crippen MR) is 293 cm³/mol. The number of hydrogen-bond donors (Lipinski definition) is 0. The maximum atomic E-state index is 12.9. The number of ether oxygens (including phenoxy) is 3. The third-order valence-electron chi connectivity index (χ3n) is 13.1. The molecular weight excluding hydrogens is 841 g/mol. The summed E-state index contributed by atoms with van der Waals surface area (Å²) in [5, 5.41) is 0. The second-order valence-electron chi connectivity index (χ2n) is 19.9. The molecule has 396 valence electrons. The van der Waals surface area contributed by atoms with Crippen molar-refractivity contribution in [3.8, 4) is 0 Å². The minimum atomic E-state index is -0.780. The normalized spacial score (nSPS) is 12.3. The van der Waals surface area contributed by atoms with Crippen LogP contribution in [0.15, 0.2) is 48.6 Å². The number of carbonyl (C=O) groups excluding carboxylic acids is 3. The number of unbranched alkanes of at least 4 members (excludes halogenated alkanes) is 35. The number of allylic oxidation sites excluding steroid dienone is 8. The van der Waals surface area contributed by atoms with Crippen LogP contribution in [0.5, 0.6) is 0 Å². The molecular formula is C62H112O6. The fourth-order valence-electron chi connectivity index (χ4n) is 8.55. The summed E-state index contributed by atoms with van der Waals surface area (Å²) in [7, 11) is 0. The van der Waals surface area contributed by atoms with E-state index in [4.69, 9.17) is 14.2 Å². The van der Waals surface area contributed by atoms with Crippen LogP contribution in [-0.2, 0) is 28.6 Å².